The van der Waals surface area contributed by atoms with E-state index in [1.807, 2.05) is 0 Å². The van der Waals surface area contributed by atoms with Crippen molar-refractivity contribution >= 4 is 37.5 Å². The van der Waals surface area contributed by atoms with Gasteiger partial charge in [0.05, 0.1) is 51.3 Å². The quantitative estimate of drug-likeness (QED) is 0.305. The SMILES string of the molecule is COc1cc(CNC(=O)c2nc3scc(COCC4COC(CNS(C)(=O)=O)CO4)c3c(=O)[nH]2)ccc1F. The van der Waals surface area contributed by atoms with Crippen LogP contribution in [0.5, 0.6) is 5.75 Å². The fourth-order valence-corrected chi connectivity index (χ4v) is 5.06. The summed E-state index contributed by atoms with van der Waals surface area (Å²) in [5, 5.41) is 4.72. The zero-order chi connectivity index (χ0) is 27.3. The molecule has 2 unspecified atom stereocenters. The summed E-state index contributed by atoms with van der Waals surface area (Å²) in [4.78, 5) is 32.5. The first-order valence-corrected chi connectivity index (χ1v) is 14.3. The molecule has 1 aliphatic heterocycles. The van der Waals surface area contributed by atoms with Crippen LogP contribution < -0.4 is 20.3 Å². The topological polar surface area (TPSA) is 158 Å². The first kappa shape index (κ1) is 28.1. The number of ether oxygens (including phenoxy) is 4. The molecule has 2 aromatic heterocycles. The number of carbonyl (C=O) groups excluding carboxylic acids is 1. The Morgan fingerprint density at radius 2 is 2.05 bits per heavy atom. The van der Waals surface area contributed by atoms with E-state index in [0.717, 1.165) is 6.26 Å². The van der Waals surface area contributed by atoms with Crippen LogP contribution in [-0.4, -0.2) is 76.2 Å². The predicted molar refractivity (Wildman–Crippen MR) is 136 cm³/mol. The highest BCUT2D eigenvalue weighted by atomic mass is 32.2. The fourth-order valence-electron chi connectivity index (χ4n) is 3.64. The van der Waals surface area contributed by atoms with Crippen LogP contribution in [0.15, 0.2) is 28.4 Å². The number of aromatic nitrogens is 2. The zero-order valence-electron chi connectivity index (χ0n) is 20.6. The normalized spacial score (nSPS) is 18.0. The molecule has 1 aliphatic rings. The minimum atomic E-state index is -3.30. The van der Waals surface area contributed by atoms with Crippen molar-refractivity contribution in [1.82, 2.24) is 20.0 Å². The molecule has 4 rings (SSSR count). The minimum absolute atomic E-state index is 0.0618. The highest BCUT2D eigenvalue weighted by Gasteiger charge is 2.23. The van der Waals surface area contributed by atoms with E-state index in [4.69, 9.17) is 18.9 Å². The number of halogens is 1. The zero-order valence-corrected chi connectivity index (χ0v) is 22.2. The maximum Gasteiger partial charge on any atom is 0.287 e. The Labute approximate surface area is 221 Å². The lowest BCUT2D eigenvalue weighted by Gasteiger charge is -2.29. The van der Waals surface area contributed by atoms with Gasteiger partial charge in [-0.25, -0.2) is 22.5 Å². The Morgan fingerprint density at radius 1 is 1.29 bits per heavy atom. The van der Waals surface area contributed by atoms with E-state index >= 15 is 0 Å². The smallest absolute Gasteiger partial charge is 0.287 e. The number of H-pyrrole nitrogens is 1. The van der Waals surface area contributed by atoms with Crippen LogP contribution in [0.1, 0.15) is 21.7 Å². The van der Waals surface area contributed by atoms with Gasteiger partial charge in [-0.05, 0) is 23.1 Å². The predicted octanol–water partition coefficient (Wildman–Crippen LogP) is 0.912. The van der Waals surface area contributed by atoms with E-state index in [-0.39, 0.29) is 63.3 Å². The molecular formula is C23H27FN4O8S2. The van der Waals surface area contributed by atoms with E-state index < -0.39 is 27.3 Å². The van der Waals surface area contributed by atoms with E-state index in [2.05, 4.69) is 20.0 Å². The lowest BCUT2D eigenvalue weighted by atomic mass is 10.2. The maximum atomic E-state index is 13.6. The molecule has 0 radical (unpaired) electrons. The standard InChI is InChI=1S/C23H27FN4O8S2/c1-33-18-5-13(3-4-17(18)24)6-25-22(30)20-27-21(29)19-14(12-37-23(19)28-20)8-34-9-16-11-35-15(10-36-16)7-26-38(2,31)32/h3-5,12,15-16,26H,6-11H2,1-2H3,(H,25,30)(H,27,28,29). The molecule has 15 heteroatoms. The second-order valence-corrected chi connectivity index (χ2v) is 11.2. The Balaban J connectivity index is 1.29. The van der Waals surface area contributed by atoms with Crippen LogP contribution in [0.3, 0.4) is 0 Å². The van der Waals surface area contributed by atoms with E-state index in [1.165, 1.54) is 36.6 Å². The second kappa shape index (κ2) is 12.3. The molecular weight excluding hydrogens is 543 g/mol. The van der Waals surface area contributed by atoms with Crippen molar-refractivity contribution in [3.05, 3.63) is 56.7 Å². The number of thiophene rings is 1. The highest BCUT2D eigenvalue weighted by Crippen LogP contribution is 2.22. The molecule has 0 spiro atoms. The van der Waals surface area contributed by atoms with Crippen LogP contribution in [0, 0.1) is 5.82 Å². The first-order chi connectivity index (χ1) is 18.1. The molecule has 1 saturated heterocycles. The summed E-state index contributed by atoms with van der Waals surface area (Å²) in [5.74, 6) is -1.17. The second-order valence-electron chi connectivity index (χ2n) is 8.55. The third-order valence-corrected chi connectivity index (χ3v) is 7.19. The largest absolute Gasteiger partial charge is 0.494 e. The monoisotopic (exact) mass is 570 g/mol. The summed E-state index contributed by atoms with van der Waals surface area (Å²) in [5.41, 5.74) is 0.766. The first-order valence-electron chi connectivity index (χ1n) is 11.5. The van der Waals surface area contributed by atoms with Crippen LogP contribution >= 0.6 is 11.3 Å². The van der Waals surface area contributed by atoms with Crippen molar-refractivity contribution in [3.8, 4) is 5.75 Å². The van der Waals surface area contributed by atoms with Crippen molar-refractivity contribution in [1.29, 1.82) is 0 Å². The van der Waals surface area contributed by atoms with Crippen LogP contribution in [0.4, 0.5) is 4.39 Å². The summed E-state index contributed by atoms with van der Waals surface area (Å²) in [6.07, 6.45) is 0.365. The Hall–Kier alpha value is -2.95. The fraction of sp³-hybridized carbons (Fsp3) is 0.435. The summed E-state index contributed by atoms with van der Waals surface area (Å²) >= 11 is 1.21. The van der Waals surface area contributed by atoms with E-state index in [9.17, 15) is 22.4 Å². The van der Waals surface area contributed by atoms with Gasteiger partial charge in [-0.3, -0.25) is 9.59 Å². The molecule has 2 atom stereocenters. The summed E-state index contributed by atoms with van der Waals surface area (Å²) in [6.45, 7) is 1.02. The number of nitrogens with zero attached hydrogens (tertiary/aromatic N) is 1. The molecule has 1 fully saturated rings. The van der Waals surface area contributed by atoms with Crippen molar-refractivity contribution in [3.63, 3.8) is 0 Å². The number of nitrogens with one attached hydrogen (secondary N) is 3. The number of methoxy groups -OCH3 is 1. The lowest BCUT2D eigenvalue weighted by Crippen LogP contribution is -2.44. The summed E-state index contributed by atoms with van der Waals surface area (Å²) in [7, 11) is -1.95. The number of fused-ring (bicyclic) bond motifs is 1. The Kier molecular flexibility index (Phi) is 9.07. The third kappa shape index (κ3) is 7.33. The van der Waals surface area contributed by atoms with E-state index in [1.54, 1.807) is 5.38 Å². The number of rotatable bonds is 11. The Morgan fingerprint density at radius 3 is 2.76 bits per heavy atom. The van der Waals surface area contributed by atoms with Crippen LogP contribution in [0.2, 0.25) is 0 Å². The number of sulfonamides is 1. The summed E-state index contributed by atoms with van der Waals surface area (Å²) in [6, 6.07) is 4.23. The van der Waals surface area contributed by atoms with Gasteiger partial charge >= 0.3 is 0 Å². The van der Waals surface area contributed by atoms with Crippen LogP contribution in [0.25, 0.3) is 10.2 Å². The summed E-state index contributed by atoms with van der Waals surface area (Å²) < 4.78 is 60.3. The number of amides is 1. The van der Waals surface area contributed by atoms with Crippen molar-refractivity contribution in [2.45, 2.75) is 25.4 Å². The van der Waals surface area contributed by atoms with Gasteiger partial charge in [0.25, 0.3) is 11.5 Å². The number of aromatic amines is 1. The number of hydrogen-bond acceptors (Lipinski definition) is 10. The molecule has 38 heavy (non-hydrogen) atoms. The van der Waals surface area contributed by atoms with Crippen molar-refractivity contribution in [2.75, 3.05) is 39.7 Å². The van der Waals surface area contributed by atoms with Crippen molar-refractivity contribution < 1.29 is 36.6 Å². The van der Waals surface area contributed by atoms with Gasteiger partial charge in [-0.2, -0.15) is 0 Å². The molecule has 3 heterocycles. The van der Waals surface area contributed by atoms with Gasteiger partial charge < -0.3 is 29.2 Å². The van der Waals surface area contributed by atoms with Crippen LogP contribution in [-0.2, 0) is 37.4 Å². The molecule has 12 nitrogen and oxygen atoms in total. The third-order valence-electron chi connectivity index (χ3n) is 5.57. The average Bonchev–Trinajstić information content (AvgIpc) is 3.30. The average molecular weight is 571 g/mol. The Bertz CT molecular complexity index is 1450. The van der Waals surface area contributed by atoms with Gasteiger partial charge in [0, 0.05) is 18.7 Å². The van der Waals surface area contributed by atoms with Gasteiger partial charge in [0.1, 0.15) is 10.9 Å². The number of benzene rings is 1. The molecule has 0 aliphatic carbocycles. The van der Waals surface area contributed by atoms with E-state index in [0.29, 0.717) is 21.3 Å². The van der Waals surface area contributed by atoms with Gasteiger partial charge in [0.2, 0.25) is 15.8 Å². The molecule has 1 aromatic carbocycles. The number of hydrogen-bond donors (Lipinski definition) is 3. The molecule has 3 N–H and O–H groups in total. The van der Waals surface area contributed by atoms with Gasteiger partial charge in [-0.1, -0.05) is 6.07 Å². The molecule has 0 saturated carbocycles. The van der Waals surface area contributed by atoms with Crippen molar-refractivity contribution in [2.24, 2.45) is 0 Å². The molecule has 3 aromatic rings. The molecule has 206 valence electrons. The minimum Gasteiger partial charge on any atom is -0.494 e. The van der Waals surface area contributed by atoms with Gasteiger partial charge in [0.15, 0.2) is 11.6 Å². The maximum absolute atomic E-state index is 13.6. The molecule has 0 bridgehead atoms. The lowest BCUT2D eigenvalue weighted by molar-refractivity contribution is -0.150. The van der Waals surface area contributed by atoms with Gasteiger partial charge in [-0.15, -0.1) is 11.3 Å². The highest BCUT2D eigenvalue weighted by molar-refractivity contribution is 7.88. The molecule has 1 amide bonds. The number of carbonyl (C=O) groups is 1.